The van der Waals surface area contributed by atoms with Crippen LogP contribution < -0.4 is 14.4 Å². The van der Waals surface area contributed by atoms with E-state index in [9.17, 15) is 13.2 Å². The zero-order valence-corrected chi connectivity index (χ0v) is 16.0. The maximum Gasteiger partial charge on any atom is 0.243 e. The van der Waals surface area contributed by atoms with Crippen molar-refractivity contribution in [1.82, 2.24) is 5.32 Å². The van der Waals surface area contributed by atoms with Crippen LogP contribution in [0.5, 0.6) is 11.5 Å². The second kappa shape index (κ2) is 8.71. The van der Waals surface area contributed by atoms with Gasteiger partial charge in [-0.2, -0.15) is 0 Å². The summed E-state index contributed by atoms with van der Waals surface area (Å²) in [5, 5.41) is 2.73. The van der Waals surface area contributed by atoms with Crippen LogP contribution in [-0.2, 0) is 14.8 Å². The Labute approximate surface area is 154 Å². The highest BCUT2D eigenvalue weighted by Gasteiger charge is 2.28. The van der Waals surface area contributed by atoms with E-state index in [4.69, 9.17) is 4.74 Å². The molecule has 140 valence electrons. The molecule has 0 aromatic heterocycles. The summed E-state index contributed by atoms with van der Waals surface area (Å²) in [4.78, 5) is 12.2. The van der Waals surface area contributed by atoms with Gasteiger partial charge in [0.2, 0.25) is 15.9 Å². The molecule has 0 aliphatic rings. The van der Waals surface area contributed by atoms with Crippen molar-refractivity contribution in [2.45, 2.75) is 26.3 Å². The molecule has 2 aromatic carbocycles. The molecule has 0 bridgehead atoms. The molecule has 2 rings (SSSR count). The first-order chi connectivity index (χ1) is 12.3. The van der Waals surface area contributed by atoms with Crippen LogP contribution in [0, 0.1) is 0 Å². The Morgan fingerprint density at radius 1 is 1.08 bits per heavy atom. The molecule has 7 heteroatoms. The molecule has 1 amide bonds. The van der Waals surface area contributed by atoms with Gasteiger partial charge in [0.15, 0.2) is 0 Å². The number of rotatable bonds is 8. The summed E-state index contributed by atoms with van der Waals surface area (Å²) in [6, 6.07) is 15.0. The fourth-order valence-corrected chi connectivity index (χ4v) is 3.67. The molecule has 0 saturated heterocycles. The van der Waals surface area contributed by atoms with E-state index < -0.39 is 16.1 Å². The summed E-state index contributed by atoms with van der Waals surface area (Å²) < 4.78 is 31.3. The van der Waals surface area contributed by atoms with Gasteiger partial charge in [0.25, 0.3) is 0 Å². The van der Waals surface area contributed by atoms with Gasteiger partial charge in [-0.25, -0.2) is 8.42 Å². The number of hydrogen-bond acceptors (Lipinski definition) is 4. The number of para-hydroxylation sites is 1. The maximum atomic E-state index is 12.2. The van der Waals surface area contributed by atoms with Crippen molar-refractivity contribution in [3.05, 3.63) is 54.6 Å². The summed E-state index contributed by atoms with van der Waals surface area (Å²) in [5.41, 5.74) is 0.409. The lowest BCUT2D eigenvalue weighted by molar-refractivity contribution is -0.121. The first kappa shape index (κ1) is 19.8. The molecule has 1 atom stereocenters. The molecule has 6 nitrogen and oxygen atoms in total. The fraction of sp³-hybridized carbons (Fsp3) is 0.316. The Kier molecular flexibility index (Phi) is 6.63. The van der Waals surface area contributed by atoms with Crippen LogP contribution in [0.1, 0.15) is 20.3 Å². The van der Waals surface area contributed by atoms with Gasteiger partial charge < -0.3 is 10.1 Å². The van der Waals surface area contributed by atoms with Crippen LogP contribution in [0.25, 0.3) is 0 Å². The molecule has 1 N–H and O–H groups in total. The van der Waals surface area contributed by atoms with Crippen molar-refractivity contribution >= 4 is 21.6 Å². The molecular formula is C19H24N2O4S. The number of carbonyl (C=O) groups is 1. The molecule has 0 radical (unpaired) electrons. The topological polar surface area (TPSA) is 75.7 Å². The molecule has 0 unspecified atom stereocenters. The summed E-state index contributed by atoms with van der Waals surface area (Å²) in [7, 11) is -3.63. The van der Waals surface area contributed by atoms with E-state index in [-0.39, 0.29) is 5.91 Å². The second-order valence-electron chi connectivity index (χ2n) is 5.93. The van der Waals surface area contributed by atoms with Gasteiger partial charge in [-0.3, -0.25) is 9.10 Å². The van der Waals surface area contributed by atoms with E-state index in [0.717, 1.165) is 17.0 Å². The van der Waals surface area contributed by atoms with E-state index in [2.05, 4.69) is 5.32 Å². The highest BCUT2D eigenvalue weighted by Crippen LogP contribution is 2.26. The number of ether oxygens (including phenoxy) is 1. The fourth-order valence-electron chi connectivity index (χ4n) is 2.49. The third-order valence-electron chi connectivity index (χ3n) is 3.71. The highest BCUT2D eigenvalue weighted by molar-refractivity contribution is 7.92. The predicted octanol–water partition coefficient (Wildman–Crippen LogP) is 3.16. The van der Waals surface area contributed by atoms with Crippen LogP contribution in [0.15, 0.2) is 54.6 Å². The number of carbonyl (C=O) groups excluding carboxylic acids is 1. The van der Waals surface area contributed by atoms with Gasteiger partial charge in [-0.15, -0.1) is 0 Å². The zero-order chi connectivity index (χ0) is 19.2. The molecule has 0 aliphatic heterocycles. The number of nitrogens with one attached hydrogen (secondary N) is 1. The average molecular weight is 376 g/mol. The van der Waals surface area contributed by atoms with Crippen molar-refractivity contribution in [2.24, 2.45) is 0 Å². The Morgan fingerprint density at radius 3 is 2.19 bits per heavy atom. The molecule has 0 fully saturated rings. The van der Waals surface area contributed by atoms with E-state index in [1.54, 1.807) is 31.2 Å². The number of anilines is 1. The number of nitrogens with zero attached hydrogens (tertiary/aromatic N) is 1. The Hall–Kier alpha value is -2.54. The van der Waals surface area contributed by atoms with Gasteiger partial charge in [-0.05, 0) is 49.7 Å². The third-order valence-corrected chi connectivity index (χ3v) is 4.95. The molecule has 0 aliphatic carbocycles. The first-order valence-electron chi connectivity index (χ1n) is 8.43. The molecule has 0 saturated carbocycles. The van der Waals surface area contributed by atoms with Crippen molar-refractivity contribution in [2.75, 3.05) is 17.1 Å². The molecule has 0 spiro atoms. The van der Waals surface area contributed by atoms with Crippen LogP contribution >= 0.6 is 0 Å². The van der Waals surface area contributed by atoms with Crippen LogP contribution in [0.3, 0.4) is 0 Å². The Morgan fingerprint density at radius 2 is 1.65 bits per heavy atom. The minimum Gasteiger partial charge on any atom is -0.457 e. The standard InChI is InChI=1S/C19H24N2O4S/c1-4-14-20-19(22)15(2)21(26(3,23)24)16-10-12-18(13-11-16)25-17-8-6-5-7-9-17/h5-13,15H,4,14H2,1-3H3,(H,20,22)/t15-/m1/s1. The maximum absolute atomic E-state index is 12.2. The summed E-state index contributed by atoms with van der Waals surface area (Å²) in [6.07, 6.45) is 1.87. The number of benzene rings is 2. The second-order valence-corrected chi connectivity index (χ2v) is 7.79. The van der Waals surface area contributed by atoms with Gasteiger partial charge in [-0.1, -0.05) is 25.1 Å². The number of hydrogen-bond donors (Lipinski definition) is 1. The van der Waals surface area contributed by atoms with Gasteiger partial charge in [0.05, 0.1) is 11.9 Å². The van der Waals surface area contributed by atoms with Crippen molar-refractivity contribution in [3.8, 4) is 11.5 Å². The molecule has 2 aromatic rings. The van der Waals surface area contributed by atoms with Crippen LogP contribution in [0.2, 0.25) is 0 Å². The van der Waals surface area contributed by atoms with E-state index in [1.165, 1.54) is 0 Å². The normalized spacial score (nSPS) is 12.3. The van der Waals surface area contributed by atoms with Crippen LogP contribution in [0.4, 0.5) is 5.69 Å². The third kappa shape index (κ3) is 5.23. The van der Waals surface area contributed by atoms with Crippen LogP contribution in [-0.4, -0.2) is 33.2 Å². The largest absolute Gasteiger partial charge is 0.457 e. The van der Waals surface area contributed by atoms with Gasteiger partial charge >= 0.3 is 0 Å². The number of amides is 1. The molecular weight excluding hydrogens is 352 g/mol. The lowest BCUT2D eigenvalue weighted by Gasteiger charge is -2.28. The smallest absolute Gasteiger partial charge is 0.243 e. The molecule has 0 heterocycles. The summed E-state index contributed by atoms with van der Waals surface area (Å²) in [5.74, 6) is 0.936. The van der Waals surface area contributed by atoms with E-state index in [0.29, 0.717) is 23.7 Å². The number of sulfonamides is 1. The average Bonchev–Trinajstić information content (AvgIpc) is 2.61. The molecule has 26 heavy (non-hydrogen) atoms. The first-order valence-corrected chi connectivity index (χ1v) is 10.3. The zero-order valence-electron chi connectivity index (χ0n) is 15.2. The predicted molar refractivity (Wildman–Crippen MR) is 103 cm³/mol. The van der Waals surface area contributed by atoms with Gasteiger partial charge in [0.1, 0.15) is 17.5 Å². The summed E-state index contributed by atoms with van der Waals surface area (Å²) in [6.45, 7) is 4.01. The van der Waals surface area contributed by atoms with Crippen molar-refractivity contribution in [3.63, 3.8) is 0 Å². The van der Waals surface area contributed by atoms with E-state index in [1.807, 2.05) is 37.3 Å². The van der Waals surface area contributed by atoms with E-state index >= 15 is 0 Å². The Balaban J connectivity index is 2.22. The van der Waals surface area contributed by atoms with Crippen molar-refractivity contribution < 1.29 is 17.9 Å². The lowest BCUT2D eigenvalue weighted by Crippen LogP contribution is -2.48. The highest BCUT2D eigenvalue weighted by atomic mass is 32.2. The summed E-state index contributed by atoms with van der Waals surface area (Å²) >= 11 is 0. The quantitative estimate of drug-likeness (QED) is 0.768. The Bertz CT molecular complexity index is 820. The minimum atomic E-state index is -3.63. The lowest BCUT2D eigenvalue weighted by atomic mass is 10.2. The minimum absolute atomic E-state index is 0.332. The van der Waals surface area contributed by atoms with Crippen molar-refractivity contribution in [1.29, 1.82) is 0 Å². The van der Waals surface area contributed by atoms with Gasteiger partial charge in [0, 0.05) is 6.54 Å². The monoisotopic (exact) mass is 376 g/mol. The SMILES string of the molecule is CCCNC(=O)[C@@H](C)N(c1ccc(Oc2ccccc2)cc1)S(C)(=O)=O.